The number of likely N-dealkylation sites (tertiary alicyclic amines) is 1. The van der Waals surface area contributed by atoms with Crippen molar-refractivity contribution in [2.45, 2.75) is 83.2 Å². The minimum absolute atomic E-state index is 0.00324. The Bertz CT molecular complexity index is 826. The van der Waals surface area contributed by atoms with E-state index in [0.29, 0.717) is 11.5 Å². The number of benzene rings is 1. The van der Waals surface area contributed by atoms with Crippen LogP contribution in [0.5, 0.6) is 5.75 Å². The third kappa shape index (κ3) is 5.55. The van der Waals surface area contributed by atoms with E-state index >= 15 is 0 Å². The molecule has 2 amide bonds. The van der Waals surface area contributed by atoms with E-state index in [0.717, 1.165) is 75.2 Å². The van der Waals surface area contributed by atoms with Gasteiger partial charge in [0.1, 0.15) is 11.9 Å². The van der Waals surface area contributed by atoms with Crippen LogP contribution in [0.15, 0.2) is 24.3 Å². The van der Waals surface area contributed by atoms with E-state index in [1.165, 1.54) is 44.9 Å². The number of carbonyl (C=O) groups excluding carboxylic acids is 2. The highest BCUT2D eigenvalue weighted by atomic mass is 16.5. The van der Waals surface area contributed by atoms with Crippen LogP contribution in [0.3, 0.4) is 0 Å². The number of hydrogen-bond donors (Lipinski definition) is 1. The molecule has 0 radical (unpaired) electrons. The third-order valence-corrected chi connectivity index (χ3v) is 8.79. The lowest BCUT2D eigenvalue weighted by Gasteiger charge is -2.35. The second-order valence-corrected chi connectivity index (χ2v) is 11.0. The van der Waals surface area contributed by atoms with Crippen molar-refractivity contribution in [3.05, 3.63) is 29.8 Å². The summed E-state index contributed by atoms with van der Waals surface area (Å²) in [4.78, 5) is 27.5. The van der Waals surface area contributed by atoms with Gasteiger partial charge in [0.25, 0.3) is 5.91 Å². The summed E-state index contributed by atoms with van der Waals surface area (Å²) >= 11 is 0. The van der Waals surface area contributed by atoms with Gasteiger partial charge in [-0.15, -0.1) is 0 Å². The number of nitrogens with zero attached hydrogens (tertiary/aromatic N) is 1. The number of amides is 2. The van der Waals surface area contributed by atoms with Crippen LogP contribution in [0.1, 0.15) is 87.4 Å². The van der Waals surface area contributed by atoms with E-state index in [9.17, 15) is 9.59 Å². The van der Waals surface area contributed by atoms with Gasteiger partial charge >= 0.3 is 0 Å². The molecule has 5 heteroatoms. The second kappa shape index (κ2) is 10.5. The number of fused-ring (bicyclic) bond motifs is 2. The number of rotatable bonds is 7. The smallest absolute Gasteiger partial charge is 0.251 e. The number of hydrogen-bond acceptors (Lipinski definition) is 3. The maximum atomic E-state index is 12.8. The van der Waals surface area contributed by atoms with Crippen molar-refractivity contribution in [3.8, 4) is 5.75 Å². The fourth-order valence-electron chi connectivity index (χ4n) is 6.91. The first kappa shape index (κ1) is 22.7. The first-order valence-corrected chi connectivity index (χ1v) is 13.5. The average Bonchev–Trinajstić information content (AvgIpc) is 3.48. The molecule has 0 spiro atoms. The summed E-state index contributed by atoms with van der Waals surface area (Å²) < 4.78 is 6.22. The van der Waals surface area contributed by atoms with Crippen LogP contribution >= 0.6 is 0 Å². The lowest BCUT2D eigenvalue weighted by molar-refractivity contribution is -0.138. The Balaban J connectivity index is 1.06. The van der Waals surface area contributed by atoms with Gasteiger partial charge in [0.05, 0.1) is 0 Å². The van der Waals surface area contributed by atoms with E-state index in [-0.39, 0.29) is 17.9 Å². The largest absolute Gasteiger partial charge is 0.490 e. The van der Waals surface area contributed by atoms with Crippen molar-refractivity contribution in [1.82, 2.24) is 10.2 Å². The Morgan fingerprint density at radius 3 is 2.52 bits per heavy atom. The zero-order valence-electron chi connectivity index (χ0n) is 20.0. The van der Waals surface area contributed by atoms with E-state index in [4.69, 9.17) is 4.74 Å². The van der Waals surface area contributed by atoms with Gasteiger partial charge in [-0.2, -0.15) is 0 Å². The van der Waals surface area contributed by atoms with Crippen molar-refractivity contribution in [3.63, 3.8) is 0 Å². The summed E-state index contributed by atoms with van der Waals surface area (Å²) in [5, 5.41) is 3.13. The highest BCUT2D eigenvalue weighted by Crippen LogP contribution is 2.49. The van der Waals surface area contributed by atoms with Crippen molar-refractivity contribution in [2.75, 3.05) is 19.6 Å². The molecular formula is C28H40N2O3. The predicted octanol–water partition coefficient (Wildman–Crippen LogP) is 5.19. The molecule has 33 heavy (non-hydrogen) atoms. The Kier molecular flexibility index (Phi) is 7.22. The Morgan fingerprint density at radius 2 is 1.79 bits per heavy atom. The summed E-state index contributed by atoms with van der Waals surface area (Å²) in [5.74, 6) is 4.04. The highest BCUT2D eigenvalue weighted by molar-refractivity contribution is 5.94. The predicted molar refractivity (Wildman–Crippen MR) is 129 cm³/mol. The van der Waals surface area contributed by atoms with Crippen molar-refractivity contribution >= 4 is 11.8 Å². The molecule has 1 aromatic rings. The first-order valence-electron chi connectivity index (χ1n) is 13.5. The van der Waals surface area contributed by atoms with Gasteiger partial charge in [-0.05, 0) is 74.5 Å². The standard InChI is InChI=1S/C28H40N2O3/c31-27(29-14-11-23-18-20-9-10-22(23)17-20)24-7-4-8-26(19-24)33-25-12-15-30(16-13-25)28(32)21-5-2-1-3-6-21/h4,7-8,19-23,25H,1-3,5-6,9-18H2,(H,29,31). The van der Waals surface area contributed by atoms with Crippen LogP contribution in [-0.4, -0.2) is 42.5 Å². The van der Waals surface area contributed by atoms with Gasteiger partial charge in [-0.1, -0.05) is 31.7 Å². The highest BCUT2D eigenvalue weighted by Gasteiger charge is 2.38. The number of nitrogens with one attached hydrogen (secondary N) is 1. The molecule has 0 aromatic heterocycles. The van der Waals surface area contributed by atoms with E-state index in [1.807, 2.05) is 24.3 Å². The van der Waals surface area contributed by atoms with Crippen LogP contribution in [0.2, 0.25) is 0 Å². The molecule has 3 atom stereocenters. The maximum Gasteiger partial charge on any atom is 0.251 e. The van der Waals surface area contributed by atoms with Gasteiger partial charge in [0.2, 0.25) is 5.91 Å². The molecule has 5 rings (SSSR count). The molecule has 1 aliphatic heterocycles. The molecule has 2 bridgehead atoms. The number of ether oxygens (including phenoxy) is 1. The molecule has 3 unspecified atom stereocenters. The minimum atomic E-state index is -0.00324. The van der Waals surface area contributed by atoms with Crippen LogP contribution < -0.4 is 10.1 Å². The summed E-state index contributed by atoms with van der Waals surface area (Å²) in [6.45, 7) is 2.33. The maximum absolute atomic E-state index is 12.8. The minimum Gasteiger partial charge on any atom is -0.490 e. The van der Waals surface area contributed by atoms with E-state index in [2.05, 4.69) is 10.2 Å². The van der Waals surface area contributed by atoms with Crippen LogP contribution in [-0.2, 0) is 4.79 Å². The lowest BCUT2D eigenvalue weighted by atomic mass is 9.86. The first-order chi connectivity index (χ1) is 16.2. The molecule has 5 nitrogen and oxygen atoms in total. The normalized spacial score (nSPS) is 28.1. The zero-order valence-corrected chi connectivity index (χ0v) is 20.0. The molecule has 1 heterocycles. The fourth-order valence-corrected chi connectivity index (χ4v) is 6.91. The second-order valence-electron chi connectivity index (χ2n) is 11.0. The summed E-state index contributed by atoms with van der Waals surface area (Å²) in [6, 6.07) is 7.57. The Morgan fingerprint density at radius 1 is 0.970 bits per heavy atom. The SMILES string of the molecule is O=C(NCCC1CC2CCC1C2)c1cccc(OC2CCN(C(=O)C3CCCCC3)CC2)c1. The van der Waals surface area contributed by atoms with Gasteiger partial charge in [-0.3, -0.25) is 9.59 Å². The monoisotopic (exact) mass is 452 g/mol. The molecule has 3 saturated carbocycles. The fraction of sp³-hybridized carbons (Fsp3) is 0.714. The quantitative estimate of drug-likeness (QED) is 0.619. The number of carbonyl (C=O) groups is 2. The molecule has 1 saturated heterocycles. The van der Waals surface area contributed by atoms with Gasteiger partial charge in [0.15, 0.2) is 0 Å². The van der Waals surface area contributed by atoms with E-state index in [1.54, 1.807) is 0 Å². The van der Waals surface area contributed by atoms with Gasteiger partial charge in [-0.25, -0.2) is 0 Å². The Hall–Kier alpha value is -2.04. The molecule has 180 valence electrons. The van der Waals surface area contributed by atoms with Crippen LogP contribution in [0.4, 0.5) is 0 Å². The van der Waals surface area contributed by atoms with Crippen molar-refractivity contribution < 1.29 is 14.3 Å². The van der Waals surface area contributed by atoms with Gasteiger partial charge in [0, 0.05) is 44.0 Å². The van der Waals surface area contributed by atoms with Gasteiger partial charge < -0.3 is 15.0 Å². The average molecular weight is 453 g/mol. The van der Waals surface area contributed by atoms with Crippen LogP contribution in [0.25, 0.3) is 0 Å². The summed E-state index contributed by atoms with van der Waals surface area (Å²) in [7, 11) is 0. The zero-order chi connectivity index (χ0) is 22.6. The summed E-state index contributed by atoms with van der Waals surface area (Å²) in [5.41, 5.74) is 0.672. The Labute approximate surface area is 198 Å². The topological polar surface area (TPSA) is 58.6 Å². The molecule has 1 aromatic carbocycles. The van der Waals surface area contributed by atoms with Crippen molar-refractivity contribution in [2.24, 2.45) is 23.7 Å². The van der Waals surface area contributed by atoms with Crippen LogP contribution in [0, 0.1) is 23.7 Å². The molecule has 4 aliphatic rings. The molecule has 4 fully saturated rings. The molecular weight excluding hydrogens is 412 g/mol. The molecule has 3 aliphatic carbocycles. The lowest BCUT2D eigenvalue weighted by Crippen LogP contribution is -2.44. The summed E-state index contributed by atoms with van der Waals surface area (Å²) in [6.07, 6.45) is 14.3. The molecule has 1 N–H and O–H groups in total. The number of piperidine rings is 1. The van der Waals surface area contributed by atoms with Crippen molar-refractivity contribution in [1.29, 1.82) is 0 Å². The van der Waals surface area contributed by atoms with E-state index < -0.39 is 0 Å². The third-order valence-electron chi connectivity index (χ3n) is 8.79.